The van der Waals surface area contributed by atoms with E-state index in [1.54, 1.807) is 6.33 Å². The van der Waals surface area contributed by atoms with E-state index < -0.39 is 0 Å². The number of hydrogen-bond donors (Lipinski definition) is 0. The molecule has 0 N–H and O–H groups in total. The van der Waals surface area contributed by atoms with E-state index in [4.69, 9.17) is 0 Å². The van der Waals surface area contributed by atoms with Crippen LogP contribution in [0.2, 0.25) is 0 Å². The summed E-state index contributed by atoms with van der Waals surface area (Å²) < 4.78 is 1.81. The van der Waals surface area contributed by atoms with E-state index in [0.29, 0.717) is 0 Å². The molecule has 0 amide bonds. The van der Waals surface area contributed by atoms with Crippen LogP contribution in [0.5, 0.6) is 0 Å². The average molecular weight is 192 g/mol. The van der Waals surface area contributed by atoms with Crippen molar-refractivity contribution in [2.75, 3.05) is 0 Å². The van der Waals surface area contributed by atoms with Gasteiger partial charge in [0.05, 0.1) is 12.0 Å². The van der Waals surface area contributed by atoms with Crippen LogP contribution in [-0.2, 0) is 6.42 Å². The van der Waals surface area contributed by atoms with Crippen LogP contribution in [0.3, 0.4) is 0 Å². The van der Waals surface area contributed by atoms with Crippen LogP contribution in [0.1, 0.15) is 31.7 Å². The quantitative estimate of drug-likeness (QED) is 0.722. The lowest BCUT2D eigenvalue weighted by atomic mass is 10.2. The molecule has 0 aliphatic carbocycles. The molecule has 0 radical (unpaired) electrons. The third kappa shape index (κ3) is 1.84. The molecule has 2 rings (SSSR count). The molecule has 0 bridgehead atoms. The zero-order chi connectivity index (χ0) is 9.80. The largest absolute Gasteiger partial charge is 0.293 e. The molecule has 6 nitrogen and oxygen atoms in total. The Bertz CT molecular complexity index is 340. The van der Waals surface area contributed by atoms with Crippen molar-refractivity contribution >= 4 is 0 Å². The second-order valence-electron chi connectivity index (χ2n) is 3.17. The van der Waals surface area contributed by atoms with E-state index in [-0.39, 0.29) is 6.29 Å². The Morgan fingerprint density at radius 2 is 2.14 bits per heavy atom. The Kier molecular flexibility index (Phi) is 2.62. The van der Waals surface area contributed by atoms with Crippen molar-refractivity contribution in [2.24, 2.45) is 20.7 Å². The van der Waals surface area contributed by atoms with Gasteiger partial charge in [0.2, 0.25) is 0 Å². The number of aromatic nitrogens is 2. The topological polar surface area (TPSA) is 67.3 Å². The van der Waals surface area contributed by atoms with Crippen molar-refractivity contribution in [3.8, 4) is 0 Å². The smallest absolute Gasteiger partial charge is 0.263 e. The van der Waals surface area contributed by atoms with Crippen molar-refractivity contribution in [1.82, 2.24) is 9.55 Å². The van der Waals surface area contributed by atoms with Gasteiger partial charge in [0.1, 0.15) is 0 Å². The third-order valence-electron chi connectivity index (χ3n) is 2.06. The summed E-state index contributed by atoms with van der Waals surface area (Å²) in [7, 11) is 0. The molecule has 0 saturated heterocycles. The molecule has 0 spiro atoms. The summed E-state index contributed by atoms with van der Waals surface area (Å²) in [5.74, 6) is 0. The Morgan fingerprint density at radius 1 is 1.36 bits per heavy atom. The first-order valence-corrected chi connectivity index (χ1v) is 4.72. The lowest BCUT2D eigenvalue weighted by Gasteiger charge is -1.99. The molecule has 0 saturated carbocycles. The molecule has 0 aromatic carbocycles. The summed E-state index contributed by atoms with van der Waals surface area (Å²) in [6.07, 6.45) is 6.67. The predicted molar refractivity (Wildman–Crippen MR) is 49.6 cm³/mol. The lowest BCUT2D eigenvalue weighted by molar-refractivity contribution is 0.541. The van der Waals surface area contributed by atoms with Crippen molar-refractivity contribution < 1.29 is 0 Å². The van der Waals surface area contributed by atoms with Gasteiger partial charge >= 0.3 is 0 Å². The SMILES string of the molecule is CCCCc1cn(C2N=NN=N2)cn1. The van der Waals surface area contributed by atoms with Crippen molar-refractivity contribution in [1.29, 1.82) is 0 Å². The van der Waals surface area contributed by atoms with Gasteiger partial charge in [-0.25, -0.2) is 4.98 Å². The minimum absolute atomic E-state index is 0.335. The summed E-state index contributed by atoms with van der Waals surface area (Å²) in [5, 5.41) is 14.5. The van der Waals surface area contributed by atoms with Crippen LogP contribution in [0.15, 0.2) is 33.2 Å². The number of imidazole rings is 1. The zero-order valence-electron chi connectivity index (χ0n) is 8.04. The fraction of sp³-hybridized carbons (Fsp3) is 0.625. The predicted octanol–water partition coefficient (Wildman–Crippen LogP) is 2.51. The molecular weight excluding hydrogens is 180 g/mol. The maximum Gasteiger partial charge on any atom is 0.263 e. The van der Waals surface area contributed by atoms with Crippen LogP contribution < -0.4 is 0 Å². The first kappa shape index (κ1) is 8.98. The minimum atomic E-state index is -0.335. The molecule has 1 aromatic rings. The Morgan fingerprint density at radius 3 is 2.86 bits per heavy atom. The molecule has 2 heterocycles. The monoisotopic (exact) mass is 192 g/mol. The van der Waals surface area contributed by atoms with Gasteiger partial charge in [0.25, 0.3) is 6.29 Å². The highest BCUT2D eigenvalue weighted by Crippen LogP contribution is 2.17. The standard InChI is InChI=1S/C8H12N6/c1-2-3-4-7-5-14(6-9-7)8-10-12-13-11-8/h5-6,8H,2-4H2,1H3. The summed E-state index contributed by atoms with van der Waals surface area (Å²) in [4.78, 5) is 4.26. The maximum atomic E-state index is 4.26. The van der Waals surface area contributed by atoms with Gasteiger partial charge in [-0.15, -0.1) is 10.2 Å². The Labute approximate surface area is 81.8 Å². The summed E-state index contributed by atoms with van der Waals surface area (Å²) in [5.41, 5.74) is 1.07. The van der Waals surface area contributed by atoms with Crippen LogP contribution in [-0.4, -0.2) is 9.55 Å². The molecule has 1 aromatic heterocycles. The first-order valence-electron chi connectivity index (χ1n) is 4.72. The van der Waals surface area contributed by atoms with Gasteiger partial charge in [-0.1, -0.05) is 13.3 Å². The number of nitrogens with zero attached hydrogens (tertiary/aromatic N) is 6. The van der Waals surface area contributed by atoms with Crippen molar-refractivity contribution in [3.05, 3.63) is 18.2 Å². The van der Waals surface area contributed by atoms with Gasteiger partial charge in [-0.2, -0.15) is 0 Å². The summed E-state index contributed by atoms with van der Waals surface area (Å²) in [6, 6.07) is 0. The molecular formula is C8H12N6. The second kappa shape index (κ2) is 4.08. The van der Waals surface area contributed by atoms with Gasteiger partial charge in [0.15, 0.2) is 0 Å². The minimum Gasteiger partial charge on any atom is -0.293 e. The van der Waals surface area contributed by atoms with E-state index >= 15 is 0 Å². The Hall–Kier alpha value is -1.59. The zero-order valence-corrected chi connectivity index (χ0v) is 8.04. The highest BCUT2D eigenvalue weighted by Gasteiger charge is 2.11. The fourth-order valence-electron chi connectivity index (χ4n) is 1.27. The maximum absolute atomic E-state index is 4.26. The first-order chi connectivity index (χ1) is 6.90. The number of rotatable bonds is 4. The van der Waals surface area contributed by atoms with E-state index in [9.17, 15) is 0 Å². The Balaban J connectivity index is 2.02. The second-order valence-corrected chi connectivity index (χ2v) is 3.17. The molecule has 0 atom stereocenters. The molecule has 74 valence electrons. The van der Waals surface area contributed by atoms with E-state index in [0.717, 1.165) is 18.5 Å². The van der Waals surface area contributed by atoms with E-state index in [2.05, 4.69) is 32.6 Å². The normalized spacial score (nSPS) is 15.5. The lowest BCUT2D eigenvalue weighted by Crippen LogP contribution is -1.97. The van der Waals surface area contributed by atoms with Crippen LogP contribution in [0.4, 0.5) is 0 Å². The molecule has 1 aliphatic rings. The van der Waals surface area contributed by atoms with Gasteiger partial charge < -0.3 is 0 Å². The van der Waals surface area contributed by atoms with E-state index in [1.165, 1.54) is 6.42 Å². The summed E-state index contributed by atoms with van der Waals surface area (Å²) >= 11 is 0. The fourth-order valence-corrected chi connectivity index (χ4v) is 1.27. The van der Waals surface area contributed by atoms with Crippen LogP contribution in [0.25, 0.3) is 0 Å². The molecule has 0 unspecified atom stereocenters. The molecule has 0 fully saturated rings. The molecule has 1 aliphatic heterocycles. The average Bonchev–Trinajstić information content (AvgIpc) is 2.85. The van der Waals surface area contributed by atoms with Gasteiger partial charge in [-0.3, -0.25) is 4.57 Å². The van der Waals surface area contributed by atoms with Crippen LogP contribution >= 0.6 is 0 Å². The van der Waals surface area contributed by atoms with Gasteiger partial charge in [-0.05, 0) is 23.3 Å². The summed E-state index contributed by atoms with van der Waals surface area (Å²) in [6.45, 7) is 2.16. The van der Waals surface area contributed by atoms with Crippen molar-refractivity contribution in [2.45, 2.75) is 32.5 Å². The highest BCUT2D eigenvalue weighted by molar-refractivity contribution is 4.97. The molecule has 6 heteroatoms. The number of unbranched alkanes of at least 4 members (excludes halogenated alkanes) is 1. The number of hydrogen-bond acceptors (Lipinski definition) is 5. The molecule has 14 heavy (non-hydrogen) atoms. The van der Waals surface area contributed by atoms with Crippen LogP contribution in [0, 0.1) is 0 Å². The van der Waals surface area contributed by atoms with E-state index in [1.807, 2.05) is 10.8 Å². The van der Waals surface area contributed by atoms with Crippen molar-refractivity contribution in [3.63, 3.8) is 0 Å². The number of aryl methyl sites for hydroxylation is 1. The van der Waals surface area contributed by atoms with Gasteiger partial charge in [0, 0.05) is 6.20 Å². The third-order valence-corrected chi connectivity index (χ3v) is 2.06. The highest BCUT2D eigenvalue weighted by atomic mass is 15.6.